The number of carbonyl (C=O) groups excluding carboxylic acids is 1. The Morgan fingerprint density at radius 1 is 1.00 bits per heavy atom. The maximum Gasteiger partial charge on any atom is 0.329 e. The van der Waals surface area contributed by atoms with Crippen LogP contribution in [0.25, 0.3) is 11.0 Å². The van der Waals surface area contributed by atoms with E-state index in [1.165, 1.54) is 20.2 Å². The van der Waals surface area contributed by atoms with Crippen LogP contribution < -0.4 is 11.0 Å². The molecule has 30 heavy (non-hydrogen) atoms. The Balaban J connectivity index is 1.72. The van der Waals surface area contributed by atoms with Gasteiger partial charge in [-0.2, -0.15) is 0 Å². The van der Waals surface area contributed by atoms with Gasteiger partial charge in [0.1, 0.15) is 0 Å². The number of sulfonamides is 1. The van der Waals surface area contributed by atoms with Gasteiger partial charge in [0, 0.05) is 40.2 Å². The Labute approximate surface area is 175 Å². The number of hydrogen-bond acceptors (Lipinski definition) is 4. The standard InChI is InChI=1S/C21H26N4O4S/c1-4-24-17-10-6-7-11-18(17)25(21(24)27)14-13-20(26)22-15-16-9-5-8-12-19(16)30(28,29)23(2)3/h5-12H,4,13-15H2,1-3H3,(H,22,26). The number of fused-ring (bicyclic) bond motifs is 1. The van der Waals surface area contributed by atoms with Gasteiger partial charge in [0.15, 0.2) is 0 Å². The molecule has 0 radical (unpaired) electrons. The topological polar surface area (TPSA) is 93.4 Å². The fourth-order valence-corrected chi connectivity index (χ4v) is 4.50. The summed E-state index contributed by atoms with van der Waals surface area (Å²) in [6.07, 6.45) is 0.111. The summed E-state index contributed by atoms with van der Waals surface area (Å²) in [5.74, 6) is -0.257. The summed E-state index contributed by atoms with van der Waals surface area (Å²) in [5, 5.41) is 2.76. The second-order valence-corrected chi connectivity index (χ2v) is 9.21. The maximum atomic E-state index is 12.7. The zero-order valence-electron chi connectivity index (χ0n) is 17.3. The first-order valence-electron chi connectivity index (χ1n) is 9.72. The molecule has 0 unspecified atom stereocenters. The molecule has 9 heteroatoms. The van der Waals surface area contributed by atoms with Gasteiger partial charge in [-0.15, -0.1) is 0 Å². The third-order valence-electron chi connectivity index (χ3n) is 5.01. The Kier molecular flexibility index (Phi) is 6.42. The lowest BCUT2D eigenvalue weighted by molar-refractivity contribution is -0.121. The van der Waals surface area contributed by atoms with E-state index in [9.17, 15) is 18.0 Å². The van der Waals surface area contributed by atoms with Crippen molar-refractivity contribution in [1.29, 1.82) is 0 Å². The maximum absolute atomic E-state index is 12.7. The normalized spacial score (nSPS) is 11.9. The molecule has 0 saturated heterocycles. The molecular weight excluding hydrogens is 404 g/mol. The molecule has 0 fully saturated rings. The Morgan fingerprint density at radius 2 is 1.60 bits per heavy atom. The summed E-state index contributed by atoms with van der Waals surface area (Å²) < 4.78 is 29.4. The Morgan fingerprint density at radius 3 is 2.23 bits per heavy atom. The van der Waals surface area contributed by atoms with Crippen LogP contribution >= 0.6 is 0 Å². The number of carbonyl (C=O) groups is 1. The van der Waals surface area contributed by atoms with E-state index in [0.29, 0.717) is 12.1 Å². The van der Waals surface area contributed by atoms with Crippen LogP contribution in [0.4, 0.5) is 0 Å². The van der Waals surface area contributed by atoms with E-state index in [0.717, 1.165) is 15.3 Å². The minimum Gasteiger partial charge on any atom is -0.352 e. The van der Waals surface area contributed by atoms with E-state index in [1.54, 1.807) is 27.3 Å². The minimum absolute atomic E-state index is 0.0910. The number of aromatic nitrogens is 2. The molecule has 0 aliphatic heterocycles. The van der Waals surface area contributed by atoms with Crippen LogP contribution in [0.5, 0.6) is 0 Å². The number of nitrogens with zero attached hydrogens (tertiary/aromatic N) is 3. The first-order chi connectivity index (χ1) is 14.3. The van der Waals surface area contributed by atoms with Gasteiger partial charge in [-0.3, -0.25) is 13.9 Å². The van der Waals surface area contributed by atoms with Crippen molar-refractivity contribution in [2.24, 2.45) is 0 Å². The third kappa shape index (κ3) is 4.17. The van der Waals surface area contributed by atoms with Crippen molar-refractivity contribution >= 4 is 27.0 Å². The lowest BCUT2D eigenvalue weighted by Gasteiger charge is -2.15. The third-order valence-corrected chi connectivity index (χ3v) is 6.93. The van der Waals surface area contributed by atoms with Gasteiger partial charge in [-0.1, -0.05) is 30.3 Å². The minimum atomic E-state index is -3.61. The summed E-state index contributed by atoms with van der Waals surface area (Å²) in [4.78, 5) is 25.2. The second-order valence-electron chi connectivity index (χ2n) is 7.09. The highest BCUT2D eigenvalue weighted by Crippen LogP contribution is 2.18. The summed E-state index contributed by atoms with van der Waals surface area (Å²) in [7, 11) is -0.672. The molecule has 2 aromatic carbocycles. The first-order valence-corrected chi connectivity index (χ1v) is 11.2. The molecule has 160 valence electrons. The second kappa shape index (κ2) is 8.85. The molecule has 1 aromatic heterocycles. The molecule has 1 N–H and O–H groups in total. The number of aryl methyl sites for hydroxylation is 2. The molecule has 0 saturated carbocycles. The first kappa shape index (κ1) is 21.8. The molecule has 0 bridgehead atoms. The van der Waals surface area contributed by atoms with Crippen LogP contribution in [-0.2, 0) is 34.5 Å². The fraction of sp³-hybridized carbons (Fsp3) is 0.333. The molecule has 8 nitrogen and oxygen atoms in total. The van der Waals surface area contributed by atoms with E-state index in [4.69, 9.17) is 0 Å². The van der Waals surface area contributed by atoms with Crippen LogP contribution in [-0.4, -0.2) is 41.9 Å². The van der Waals surface area contributed by atoms with E-state index < -0.39 is 10.0 Å². The number of hydrogen-bond donors (Lipinski definition) is 1. The predicted octanol–water partition coefficient (Wildman–Crippen LogP) is 1.78. The number of benzene rings is 2. The number of rotatable bonds is 8. The van der Waals surface area contributed by atoms with Gasteiger partial charge in [0.2, 0.25) is 15.9 Å². The molecule has 0 aliphatic rings. The molecule has 0 atom stereocenters. The molecule has 0 aliphatic carbocycles. The lowest BCUT2D eigenvalue weighted by atomic mass is 10.2. The number of para-hydroxylation sites is 2. The van der Waals surface area contributed by atoms with Crippen molar-refractivity contribution in [2.75, 3.05) is 14.1 Å². The van der Waals surface area contributed by atoms with E-state index >= 15 is 0 Å². The van der Waals surface area contributed by atoms with E-state index in [2.05, 4.69) is 5.32 Å². The predicted molar refractivity (Wildman–Crippen MR) is 116 cm³/mol. The van der Waals surface area contributed by atoms with Gasteiger partial charge < -0.3 is 5.32 Å². The molecule has 0 spiro atoms. The van der Waals surface area contributed by atoms with Crippen molar-refractivity contribution in [1.82, 2.24) is 18.8 Å². The van der Waals surface area contributed by atoms with E-state index in [1.807, 2.05) is 31.2 Å². The van der Waals surface area contributed by atoms with Crippen LogP contribution in [0.15, 0.2) is 58.2 Å². The van der Waals surface area contributed by atoms with Crippen molar-refractivity contribution < 1.29 is 13.2 Å². The molecular formula is C21H26N4O4S. The quantitative estimate of drug-likeness (QED) is 0.590. The zero-order chi connectivity index (χ0) is 21.9. The monoisotopic (exact) mass is 430 g/mol. The van der Waals surface area contributed by atoms with Crippen molar-refractivity contribution in [3.05, 3.63) is 64.6 Å². The highest BCUT2D eigenvalue weighted by molar-refractivity contribution is 7.89. The SMILES string of the molecule is CCn1c(=O)n(CCC(=O)NCc2ccccc2S(=O)(=O)N(C)C)c2ccccc21. The summed E-state index contributed by atoms with van der Waals surface area (Å²) in [5.41, 5.74) is 2.00. The van der Waals surface area contributed by atoms with Gasteiger partial charge in [-0.05, 0) is 30.7 Å². The van der Waals surface area contributed by atoms with Crippen LogP contribution in [0.2, 0.25) is 0 Å². The molecule has 3 rings (SSSR count). The number of amides is 1. The molecule has 1 heterocycles. The lowest BCUT2D eigenvalue weighted by Crippen LogP contribution is -2.29. The van der Waals surface area contributed by atoms with Crippen molar-refractivity contribution in [3.8, 4) is 0 Å². The highest BCUT2D eigenvalue weighted by Gasteiger charge is 2.21. The number of nitrogens with one attached hydrogen (secondary N) is 1. The van der Waals surface area contributed by atoms with Crippen LogP contribution in [0, 0.1) is 0 Å². The zero-order valence-corrected chi connectivity index (χ0v) is 18.1. The average molecular weight is 431 g/mol. The summed E-state index contributed by atoms with van der Waals surface area (Å²) in [6, 6.07) is 14.1. The van der Waals surface area contributed by atoms with Crippen molar-refractivity contribution in [3.63, 3.8) is 0 Å². The average Bonchev–Trinajstić information content (AvgIpc) is 3.01. The van der Waals surface area contributed by atoms with Gasteiger partial charge in [-0.25, -0.2) is 17.5 Å². The van der Waals surface area contributed by atoms with E-state index in [-0.39, 0.29) is 36.0 Å². The Bertz CT molecular complexity index is 1230. The van der Waals surface area contributed by atoms with Crippen molar-refractivity contribution in [2.45, 2.75) is 37.9 Å². The summed E-state index contributed by atoms with van der Waals surface area (Å²) >= 11 is 0. The largest absolute Gasteiger partial charge is 0.352 e. The smallest absolute Gasteiger partial charge is 0.329 e. The highest BCUT2D eigenvalue weighted by atomic mass is 32.2. The van der Waals surface area contributed by atoms with Gasteiger partial charge in [0.25, 0.3) is 0 Å². The summed E-state index contributed by atoms with van der Waals surface area (Å²) in [6.45, 7) is 2.79. The van der Waals surface area contributed by atoms with Crippen LogP contribution in [0.3, 0.4) is 0 Å². The fourth-order valence-electron chi connectivity index (χ4n) is 3.39. The Hall–Kier alpha value is -2.91. The molecule has 3 aromatic rings. The number of imidazole rings is 1. The van der Waals surface area contributed by atoms with Crippen LogP contribution in [0.1, 0.15) is 18.9 Å². The van der Waals surface area contributed by atoms with Gasteiger partial charge >= 0.3 is 5.69 Å². The molecule has 1 amide bonds. The van der Waals surface area contributed by atoms with Gasteiger partial charge in [0.05, 0.1) is 15.9 Å².